The quantitative estimate of drug-likeness (QED) is 0.541. The fourth-order valence-electron chi connectivity index (χ4n) is 2.03. The van der Waals surface area contributed by atoms with E-state index < -0.39 is 0 Å². The number of rotatable bonds is 1. The molecule has 3 nitrogen and oxygen atoms in total. The Morgan fingerprint density at radius 2 is 2.45 bits per heavy atom. The Morgan fingerprint density at radius 1 is 1.64 bits per heavy atom. The van der Waals surface area contributed by atoms with Gasteiger partial charge >= 0.3 is 0 Å². The van der Waals surface area contributed by atoms with E-state index in [1.54, 1.807) is 0 Å². The van der Waals surface area contributed by atoms with Crippen LogP contribution in [-0.4, -0.2) is 41.5 Å². The van der Waals surface area contributed by atoms with Gasteiger partial charge in [-0.2, -0.15) is 0 Å². The summed E-state index contributed by atoms with van der Waals surface area (Å²) in [6, 6.07) is 0.245. The highest BCUT2D eigenvalue weighted by Crippen LogP contribution is 2.24. The van der Waals surface area contributed by atoms with Gasteiger partial charge in [0.2, 0.25) is 5.91 Å². The van der Waals surface area contributed by atoms with E-state index in [1.807, 2.05) is 11.8 Å². The number of nitrogens with zero attached hydrogens (tertiary/aromatic N) is 2. The Balaban J connectivity index is 2.10. The number of fused-ring (bicyclic) bond motifs is 1. The lowest BCUT2D eigenvalue weighted by molar-refractivity contribution is -0.128. The van der Waals surface area contributed by atoms with Crippen LogP contribution < -0.4 is 0 Å². The van der Waals surface area contributed by atoms with Gasteiger partial charge in [-0.25, -0.2) is 0 Å². The summed E-state index contributed by atoms with van der Waals surface area (Å²) in [7, 11) is 0. The molecular weight excluding hydrogens is 140 g/mol. The molecule has 0 radical (unpaired) electrons. The third-order valence-electron chi connectivity index (χ3n) is 2.69. The van der Waals surface area contributed by atoms with Crippen LogP contribution >= 0.6 is 0 Å². The third kappa shape index (κ3) is 0.948. The van der Waals surface area contributed by atoms with Crippen molar-refractivity contribution >= 4 is 5.91 Å². The monoisotopic (exact) mass is 154 g/mol. The maximum Gasteiger partial charge on any atom is 0.241 e. The molecule has 11 heavy (non-hydrogen) atoms. The molecule has 2 fully saturated rings. The van der Waals surface area contributed by atoms with Crippen molar-refractivity contribution in [3.05, 3.63) is 0 Å². The molecule has 3 heteroatoms. The first kappa shape index (κ1) is 7.10. The molecule has 0 N–H and O–H groups in total. The zero-order chi connectivity index (χ0) is 7.84. The summed E-state index contributed by atoms with van der Waals surface area (Å²) >= 11 is 0. The van der Waals surface area contributed by atoms with Crippen LogP contribution in [0.3, 0.4) is 0 Å². The molecular formula is C8H14N2O. The van der Waals surface area contributed by atoms with Gasteiger partial charge in [-0.1, -0.05) is 0 Å². The summed E-state index contributed by atoms with van der Waals surface area (Å²) in [6.45, 7) is 4.90. The fourth-order valence-corrected chi connectivity index (χ4v) is 2.03. The molecule has 0 saturated carbocycles. The largest absolute Gasteiger partial charge is 0.329 e. The van der Waals surface area contributed by atoms with Gasteiger partial charge in [0.15, 0.2) is 0 Å². The topological polar surface area (TPSA) is 23.6 Å². The molecule has 0 aromatic heterocycles. The molecule has 2 aliphatic rings. The number of carbonyl (C=O) groups is 1. The normalized spacial score (nSPS) is 31.5. The summed E-state index contributed by atoms with van der Waals surface area (Å²) in [6.07, 6.45) is 2.28. The summed E-state index contributed by atoms with van der Waals surface area (Å²) in [4.78, 5) is 15.7. The van der Waals surface area contributed by atoms with Crippen LogP contribution in [0.4, 0.5) is 0 Å². The highest BCUT2D eigenvalue weighted by molar-refractivity contribution is 5.84. The van der Waals surface area contributed by atoms with Crippen LogP contribution in [0.25, 0.3) is 0 Å². The molecule has 2 rings (SSSR count). The summed E-state index contributed by atoms with van der Waals surface area (Å²) in [5.41, 5.74) is 0. The predicted molar refractivity (Wildman–Crippen MR) is 42.0 cm³/mol. The minimum Gasteiger partial charge on any atom is -0.329 e. The highest BCUT2D eigenvalue weighted by Gasteiger charge is 2.39. The Kier molecular flexibility index (Phi) is 1.60. The van der Waals surface area contributed by atoms with E-state index in [4.69, 9.17) is 0 Å². The van der Waals surface area contributed by atoms with Crippen LogP contribution in [0, 0.1) is 0 Å². The molecule has 0 aliphatic carbocycles. The Morgan fingerprint density at radius 3 is 3.09 bits per heavy atom. The highest BCUT2D eigenvalue weighted by atomic mass is 16.2. The summed E-state index contributed by atoms with van der Waals surface area (Å²) in [5.74, 6) is 0.352. The van der Waals surface area contributed by atoms with Crippen molar-refractivity contribution in [2.75, 3.05) is 19.8 Å². The van der Waals surface area contributed by atoms with Gasteiger partial charge in [0.25, 0.3) is 0 Å². The van der Waals surface area contributed by atoms with Crippen molar-refractivity contribution in [2.24, 2.45) is 0 Å². The zero-order valence-corrected chi connectivity index (χ0v) is 6.92. The number of amides is 1. The number of likely N-dealkylation sites (N-methyl/N-ethyl adjacent to an activating group) is 1. The maximum absolute atomic E-state index is 11.5. The van der Waals surface area contributed by atoms with Gasteiger partial charge in [0.05, 0.1) is 12.7 Å². The molecule has 0 bridgehead atoms. The van der Waals surface area contributed by atoms with Crippen molar-refractivity contribution in [3.8, 4) is 0 Å². The molecule has 0 aromatic rings. The molecule has 2 aliphatic heterocycles. The van der Waals surface area contributed by atoms with Crippen molar-refractivity contribution in [1.82, 2.24) is 9.80 Å². The average Bonchev–Trinajstić information content (AvgIpc) is 2.53. The standard InChI is InChI=1S/C8H14N2O/c1-2-9-6-10-5-3-4-7(10)8(9)11/h7H,2-6H2,1H3. The number of carbonyl (C=O) groups excluding carboxylic acids is 1. The lowest BCUT2D eigenvalue weighted by atomic mass is 10.2. The molecule has 1 amide bonds. The molecule has 1 atom stereocenters. The zero-order valence-electron chi connectivity index (χ0n) is 6.92. The Bertz CT molecular complexity index is 181. The minimum absolute atomic E-state index is 0.245. The van der Waals surface area contributed by atoms with Gasteiger partial charge in [0.1, 0.15) is 0 Å². The van der Waals surface area contributed by atoms with Crippen LogP contribution in [-0.2, 0) is 4.79 Å². The Labute approximate surface area is 67.0 Å². The Hall–Kier alpha value is -0.570. The van der Waals surface area contributed by atoms with E-state index in [-0.39, 0.29) is 6.04 Å². The van der Waals surface area contributed by atoms with Crippen LogP contribution in [0.15, 0.2) is 0 Å². The van der Waals surface area contributed by atoms with Crippen molar-refractivity contribution in [3.63, 3.8) is 0 Å². The predicted octanol–water partition coefficient (Wildman–Crippen LogP) is 0.270. The summed E-state index contributed by atoms with van der Waals surface area (Å²) < 4.78 is 0. The first-order valence-electron chi connectivity index (χ1n) is 4.35. The van der Waals surface area contributed by atoms with E-state index in [9.17, 15) is 4.79 Å². The van der Waals surface area contributed by atoms with Crippen molar-refractivity contribution < 1.29 is 4.79 Å². The molecule has 2 heterocycles. The van der Waals surface area contributed by atoms with Gasteiger partial charge < -0.3 is 4.90 Å². The van der Waals surface area contributed by atoms with Gasteiger partial charge in [0, 0.05) is 13.1 Å². The first-order valence-corrected chi connectivity index (χ1v) is 4.35. The van der Waals surface area contributed by atoms with Crippen LogP contribution in [0.5, 0.6) is 0 Å². The smallest absolute Gasteiger partial charge is 0.241 e. The maximum atomic E-state index is 11.5. The summed E-state index contributed by atoms with van der Waals surface area (Å²) in [5, 5.41) is 0. The second kappa shape index (κ2) is 2.48. The van der Waals surface area contributed by atoms with Gasteiger partial charge in [-0.05, 0) is 19.8 Å². The van der Waals surface area contributed by atoms with E-state index in [0.717, 1.165) is 26.2 Å². The van der Waals surface area contributed by atoms with E-state index in [0.29, 0.717) is 5.91 Å². The molecule has 2 saturated heterocycles. The van der Waals surface area contributed by atoms with E-state index >= 15 is 0 Å². The van der Waals surface area contributed by atoms with E-state index in [2.05, 4.69) is 4.90 Å². The van der Waals surface area contributed by atoms with Crippen LogP contribution in [0.1, 0.15) is 19.8 Å². The second-order valence-corrected chi connectivity index (χ2v) is 3.31. The SMILES string of the molecule is CCN1CN2CCCC2C1=O. The van der Waals surface area contributed by atoms with Gasteiger partial charge in [-0.3, -0.25) is 9.69 Å². The van der Waals surface area contributed by atoms with E-state index in [1.165, 1.54) is 6.42 Å². The second-order valence-electron chi connectivity index (χ2n) is 3.31. The lowest BCUT2D eigenvalue weighted by Gasteiger charge is -2.13. The molecule has 0 spiro atoms. The van der Waals surface area contributed by atoms with Crippen molar-refractivity contribution in [1.29, 1.82) is 0 Å². The average molecular weight is 154 g/mol. The minimum atomic E-state index is 0.245. The number of hydrogen-bond donors (Lipinski definition) is 0. The fraction of sp³-hybridized carbons (Fsp3) is 0.875. The third-order valence-corrected chi connectivity index (χ3v) is 2.69. The number of hydrogen-bond acceptors (Lipinski definition) is 2. The van der Waals surface area contributed by atoms with Crippen LogP contribution in [0.2, 0.25) is 0 Å². The van der Waals surface area contributed by atoms with Gasteiger partial charge in [-0.15, -0.1) is 0 Å². The molecule has 0 aromatic carbocycles. The lowest BCUT2D eigenvalue weighted by Crippen LogP contribution is -2.28. The van der Waals surface area contributed by atoms with Crippen molar-refractivity contribution in [2.45, 2.75) is 25.8 Å². The molecule has 62 valence electrons. The molecule has 1 unspecified atom stereocenters. The first-order chi connectivity index (χ1) is 5.33.